The molecule has 0 spiro atoms. The maximum atomic E-state index is 12.2. The van der Waals surface area contributed by atoms with Crippen LogP contribution in [0.4, 0.5) is 0 Å². The van der Waals surface area contributed by atoms with Crippen LogP contribution >= 0.6 is 0 Å². The average Bonchev–Trinajstić information content (AvgIpc) is 3.32. The normalized spacial score (nSPS) is 29.2. The molecule has 25 heavy (non-hydrogen) atoms. The Kier molecular flexibility index (Phi) is 3.60. The fourth-order valence-corrected chi connectivity index (χ4v) is 4.85. The molecule has 2 aliphatic carbocycles. The Hall–Kier alpha value is -1.13. The first-order valence-corrected chi connectivity index (χ1v) is 9.55. The zero-order valence-corrected chi connectivity index (χ0v) is 16.1. The van der Waals surface area contributed by atoms with E-state index in [0.29, 0.717) is 24.5 Å². The first-order valence-electron chi connectivity index (χ1n) is 9.55. The molecule has 1 aromatic carbocycles. The lowest BCUT2D eigenvalue weighted by Gasteiger charge is -2.55. The molecule has 3 nitrogen and oxygen atoms in total. The smallest absolute Gasteiger partial charge is 0.403 e. The third kappa shape index (κ3) is 2.30. The topological polar surface area (TPSA) is 35.5 Å². The summed E-state index contributed by atoms with van der Waals surface area (Å²) in [4.78, 5) is 12.2. The standard InChI is InChI=1S/C21H29BO3/c1-18(2)19(3,4)25-22(24-18)20(5,15-11-12-15)21(13-17(23)14-21)16-9-7-6-8-10-16/h6-10,15H,11-14H2,1-5H3. The van der Waals surface area contributed by atoms with E-state index in [1.165, 1.54) is 18.4 Å². The summed E-state index contributed by atoms with van der Waals surface area (Å²) in [5.41, 5.74) is 0.394. The van der Waals surface area contributed by atoms with E-state index < -0.39 is 0 Å². The number of benzene rings is 1. The van der Waals surface area contributed by atoms with Crippen molar-refractivity contribution >= 4 is 12.9 Å². The van der Waals surface area contributed by atoms with E-state index in [9.17, 15) is 4.79 Å². The predicted molar refractivity (Wildman–Crippen MR) is 99.5 cm³/mol. The summed E-state index contributed by atoms with van der Waals surface area (Å²) in [6.45, 7) is 10.8. The second-order valence-electron chi connectivity index (χ2n) is 9.49. The molecule has 0 radical (unpaired) electrons. The molecule has 134 valence electrons. The molecule has 2 saturated carbocycles. The van der Waals surface area contributed by atoms with Crippen molar-refractivity contribution < 1.29 is 14.1 Å². The lowest BCUT2D eigenvalue weighted by Crippen LogP contribution is -2.57. The molecule has 1 aliphatic heterocycles. The van der Waals surface area contributed by atoms with Gasteiger partial charge in [-0.3, -0.25) is 4.79 Å². The maximum Gasteiger partial charge on any atom is 0.465 e. The van der Waals surface area contributed by atoms with Crippen LogP contribution in [0.5, 0.6) is 0 Å². The van der Waals surface area contributed by atoms with Crippen LogP contribution < -0.4 is 0 Å². The molecule has 1 heterocycles. The zero-order valence-electron chi connectivity index (χ0n) is 16.1. The van der Waals surface area contributed by atoms with Gasteiger partial charge in [0.15, 0.2) is 0 Å². The summed E-state index contributed by atoms with van der Waals surface area (Å²) in [6, 6.07) is 10.6. The Morgan fingerprint density at radius 2 is 1.52 bits per heavy atom. The van der Waals surface area contributed by atoms with Crippen LogP contribution in [-0.2, 0) is 19.5 Å². The van der Waals surface area contributed by atoms with E-state index in [2.05, 4.69) is 58.9 Å². The molecule has 1 aromatic rings. The summed E-state index contributed by atoms with van der Waals surface area (Å²) >= 11 is 0. The van der Waals surface area contributed by atoms with Crippen molar-refractivity contribution in [2.75, 3.05) is 0 Å². The van der Waals surface area contributed by atoms with Gasteiger partial charge >= 0.3 is 7.12 Å². The lowest BCUT2D eigenvalue weighted by molar-refractivity contribution is -0.130. The van der Waals surface area contributed by atoms with Gasteiger partial charge in [-0.1, -0.05) is 50.1 Å². The third-order valence-corrected chi connectivity index (χ3v) is 7.52. The van der Waals surface area contributed by atoms with Crippen molar-refractivity contribution in [3.8, 4) is 0 Å². The minimum atomic E-state index is -0.348. The number of hydrogen-bond donors (Lipinski definition) is 0. The molecule has 0 bridgehead atoms. The van der Waals surface area contributed by atoms with Gasteiger partial charge in [-0.05, 0) is 39.2 Å². The van der Waals surface area contributed by atoms with Gasteiger partial charge in [-0.25, -0.2) is 0 Å². The monoisotopic (exact) mass is 340 g/mol. The average molecular weight is 340 g/mol. The van der Waals surface area contributed by atoms with Crippen molar-refractivity contribution in [1.29, 1.82) is 0 Å². The fourth-order valence-electron chi connectivity index (χ4n) is 4.85. The molecule has 4 heteroatoms. The van der Waals surface area contributed by atoms with E-state index in [1.807, 2.05) is 6.07 Å². The highest BCUT2D eigenvalue weighted by Gasteiger charge is 2.71. The van der Waals surface area contributed by atoms with Crippen molar-refractivity contribution in [3.05, 3.63) is 35.9 Å². The molecule has 1 saturated heterocycles. The van der Waals surface area contributed by atoms with Crippen LogP contribution in [0, 0.1) is 5.92 Å². The first kappa shape index (κ1) is 17.3. The molecule has 3 fully saturated rings. The van der Waals surface area contributed by atoms with Crippen molar-refractivity contribution in [3.63, 3.8) is 0 Å². The third-order valence-electron chi connectivity index (χ3n) is 7.52. The lowest BCUT2D eigenvalue weighted by atomic mass is 9.36. The molecule has 0 aromatic heterocycles. The van der Waals surface area contributed by atoms with Gasteiger partial charge in [-0.15, -0.1) is 0 Å². The number of carbonyl (C=O) groups is 1. The number of carbonyl (C=O) groups excluding carboxylic acids is 1. The van der Waals surface area contributed by atoms with Gasteiger partial charge in [0.05, 0.1) is 11.2 Å². The highest BCUT2D eigenvalue weighted by molar-refractivity contribution is 6.50. The van der Waals surface area contributed by atoms with Gasteiger partial charge in [0.1, 0.15) is 5.78 Å². The number of rotatable bonds is 4. The van der Waals surface area contributed by atoms with Crippen molar-refractivity contribution in [1.82, 2.24) is 0 Å². The summed E-state index contributed by atoms with van der Waals surface area (Å²) in [5.74, 6) is 0.905. The molecule has 3 aliphatic rings. The zero-order chi connectivity index (χ0) is 18.1. The van der Waals surface area contributed by atoms with Crippen LogP contribution in [0.3, 0.4) is 0 Å². The second-order valence-corrected chi connectivity index (χ2v) is 9.49. The fraction of sp³-hybridized carbons (Fsp3) is 0.667. The Bertz CT molecular complexity index is 668. The van der Waals surface area contributed by atoms with E-state index >= 15 is 0 Å². The van der Waals surface area contributed by atoms with Gasteiger partial charge in [0, 0.05) is 23.6 Å². The van der Waals surface area contributed by atoms with E-state index in [0.717, 1.165) is 0 Å². The molecule has 0 amide bonds. The minimum absolute atomic E-state index is 0.173. The first-order chi connectivity index (χ1) is 11.6. The molecular formula is C21H29BO3. The Morgan fingerprint density at radius 3 is 1.96 bits per heavy atom. The predicted octanol–water partition coefficient (Wildman–Crippen LogP) is 4.55. The SMILES string of the molecule is CC1(C)OB(C(C)(C2CC2)C2(c3ccccc3)CC(=O)C2)OC1(C)C. The van der Waals surface area contributed by atoms with E-state index in [4.69, 9.17) is 9.31 Å². The van der Waals surface area contributed by atoms with Gasteiger partial charge in [0.25, 0.3) is 0 Å². The Balaban J connectivity index is 1.79. The van der Waals surface area contributed by atoms with Gasteiger partial charge in [-0.2, -0.15) is 0 Å². The maximum absolute atomic E-state index is 12.2. The van der Waals surface area contributed by atoms with Crippen LogP contribution in [0.25, 0.3) is 0 Å². The summed E-state index contributed by atoms with van der Waals surface area (Å²) in [6.07, 6.45) is 3.61. The minimum Gasteiger partial charge on any atom is -0.403 e. The van der Waals surface area contributed by atoms with E-state index in [-0.39, 0.29) is 29.0 Å². The molecule has 1 unspecified atom stereocenters. The van der Waals surface area contributed by atoms with Crippen LogP contribution in [0.15, 0.2) is 30.3 Å². The van der Waals surface area contributed by atoms with Crippen molar-refractivity contribution in [2.24, 2.45) is 5.92 Å². The van der Waals surface area contributed by atoms with Gasteiger partial charge in [0.2, 0.25) is 0 Å². The quantitative estimate of drug-likeness (QED) is 0.755. The highest BCUT2D eigenvalue weighted by Crippen LogP contribution is 2.70. The molecule has 0 N–H and O–H groups in total. The van der Waals surface area contributed by atoms with Crippen molar-refractivity contribution in [2.45, 2.75) is 82.2 Å². The summed E-state index contributed by atoms with van der Waals surface area (Å²) < 4.78 is 13.1. The van der Waals surface area contributed by atoms with Crippen LogP contribution in [0.2, 0.25) is 5.31 Å². The number of ketones is 1. The van der Waals surface area contributed by atoms with Crippen LogP contribution in [0.1, 0.15) is 65.9 Å². The van der Waals surface area contributed by atoms with Crippen LogP contribution in [-0.4, -0.2) is 24.1 Å². The largest absolute Gasteiger partial charge is 0.465 e. The number of Topliss-reactive ketones (excluding diaryl/α,β-unsaturated/α-hetero) is 1. The second kappa shape index (κ2) is 5.20. The Morgan fingerprint density at radius 1 is 1.00 bits per heavy atom. The molecule has 4 rings (SSSR count). The molecular weight excluding hydrogens is 311 g/mol. The van der Waals surface area contributed by atoms with E-state index in [1.54, 1.807) is 0 Å². The Labute approximate surface area is 151 Å². The molecule has 1 atom stereocenters. The highest BCUT2D eigenvalue weighted by atomic mass is 16.7. The number of hydrogen-bond acceptors (Lipinski definition) is 3. The van der Waals surface area contributed by atoms with Gasteiger partial charge < -0.3 is 9.31 Å². The summed E-state index contributed by atoms with van der Waals surface area (Å²) in [7, 11) is -0.279. The summed E-state index contributed by atoms with van der Waals surface area (Å²) in [5, 5.41) is -0.187.